The zero-order chi connectivity index (χ0) is 17.4. The molecule has 2 aromatic rings. The van der Waals surface area contributed by atoms with Gasteiger partial charge in [-0.15, -0.1) is 0 Å². The zero-order valence-electron chi connectivity index (χ0n) is 14.6. The van der Waals surface area contributed by atoms with Gasteiger partial charge in [0.05, 0.1) is 19.2 Å². The Kier molecular flexibility index (Phi) is 4.20. The first-order valence-electron chi connectivity index (χ1n) is 8.75. The van der Waals surface area contributed by atoms with Crippen LogP contribution in [0.4, 0.5) is 4.79 Å². The third kappa shape index (κ3) is 3.26. The van der Waals surface area contributed by atoms with Crippen LogP contribution in [0.15, 0.2) is 16.5 Å². The average molecular weight is 345 g/mol. The van der Waals surface area contributed by atoms with Crippen LogP contribution in [0, 0.1) is 13.8 Å². The van der Waals surface area contributed by atoms with E-state index in [1.165, 1.54) is 0 Å². The molecule has 2 atom stereocenters. The van der Waals surface area contributed by atoms with Gasteiger partial charge < -0.3 is 19.4 Å². The second kappa shape index (κ2) is 6.51. The van der Waals surface area contributed by atoms with E-state index in [0.717, 1.165) is 42.6 Å². The highest BCUT2D eigenvalue weighted by Crippen LogP contribution is 2.26. The Morgan fingerprint density at radius 3 is 3.00 bits per heavy atom. The van der Waals surface area contributed by atoms with Crippen LogP contribution >= 0.6 is 0 Å². The molecule has 2 amide bonds. The van der Waals surface area contributed by atoms with Gasteiger partial charge in [-0.05, 0) is 38.8 Å². The number of carbonyl (C=O) groups excluding carboxylic acids is 1. The van der Waals surface area contributed by atoms with E-state index in [9.17, 15) is 4.79 Å². The summed E-state index contributed by atoms with van der Waals surface area (Å²) in [5.74, 6) is 3.21. The van der Waals surface area contributed by atoms with Crippen molar-refractivity contribution in [3.05, 3.63) is 35.3 Å². The second-order valence-corrected chi connectivity index (χ2v) is 6.64. The topological polar surface area (TPSA) is 85.4 Å². The van der Waals surface area contributed by atoms with Crippen molar-refractivity contribution in [2.45, 2.75) is 45.4 Å². The molecule has 25 heavy (non-hydrogen) atoms. The molecule has 2 aromatic heterocycles. The number of carbonyl (C=O) groups is 1. The third-order valence-corrected chi connectivity index (χ3v) is 4.71. The van der Waals surface area contributed by atoms with Gasteiger partial charge in [0.25, 0.3) is 0 Å². The number of ether oxygens (including phenoxy) is 1. The summed E-state index contributed by atoms with van der Waals surface area (Å²) in [6, 6.07) is 3.65. The summed E-state index contributed by atoms with van der Waals surface area (Å²) in [5.41, 5.74) is 0. The summed E-state index contributed by atoms with van der Waals surface area (Å²) in [6.07, 6.45) is 1.65. The molecule has 4 rings (SSSR count). The Bertz CT molecular complexity index is 768. The van der Waals surface area contributed by atoms with Crippen molar-refractivity contribution in [2.75, 3.05) is 19.7 Å². The molecule has 1 fully saturated rings. The molecule has 0 aliphatic carbocycles. The summed E-state index contributed by atoms with van der Waals surface area (Å²) < 4.78 is 13.3. The van der Waals surface area contributed by atoms with Crippen molar-refractivity contribution >= 4 is 6.03 Å². The first kappa shape index (κ1) is 16.1. The highest BCUT2D eigenvalue weighted by atomic mass is 16.5. The van der Waals surface area contributed by atoms with E-state index in [1.54, 1.807) is 4.90 Å². The number of nitrogens with one attached hydrogen (secondary N) is 1. The van der Waals surface area contributed by atoms with Crippen molar-refractivity contribution in [1.82, 2.24) is 25.0 Å². The maximum Gasteiger partial charge on any atom is 0.318 e. The normalized spacial score (nSPS) is 23.4. The molecule has 1 saturated heterocycles. The zero-order valence-corrected chi connectivity index (χ0v) is 14.6. The van der Waals surface area contributed by atoms with Crippen molar-refractivity contribution < 1.29 is 13.9 Å². The summed E-state index contributed by atoms with van der Waals surface area (Å²) in [7, 11) is 0. The molecule has 2 aliphatic heterocycles. The third-order valence-electron chi connectivity index (χ3n) is 4.71. The van der Waals surface area contributed by atoms with Gasteiger partial charge in [0.15, 0.2) is 0 Å². The van der Waals surface area contributed by atoms with E-state index >= 15 is 0 Å². The van der Waals surface area contributed by atoms with Crippen molar-refractivity contribution in [3.8, 4) is 0 Å². The number of rotatable bonds is 2. The average Bonchev–Trinajstić information content (AvgIpc) is 3.20. The summed E-state index contributed by atoms with van der Waals surface area (Å²) >= 11 is 0. The maximum atomic E-state index is 12.7. The van der Waals surface area contributed by atoms with Gasteiger partial charge >= 0.3 is 6.03 Å². The van der Waals surface area contributed by atoms with E-state index < -0.39 is 0 Å². The van der Waals surface area contributed by atoms with Crippen LogP contribution < -0.4 is 5.32 Å². The second-order valence-electron chi connectivity index (χ2n) is 6.64. The number of aryl methyl sites for hydroxylation is 3. The summed E-state index contributed by atoms with van der Waals surface area (Å²) in [5, 5.41) is 7.50. The number of aromatic nitrogens is 3. The quantitative estimate of drug-likeness (QED) is 0.901. The van der Waals surface area contributed by atoms with Crippen LogP contribution in [-0.4, -0.2) is 45.4 Å². The largest absolute Gasteiger partial charge is 0.464 e. The highest BCUT2D eigenvalue weighted by molar-refractivity contribution is 5.74. The summed E-state index contributed by atoms with van der Waals surface area (Å²) in [4.78, 5) is 19.0. The standard InChI is InChI=1S/C17H23N5O3/c1-11-5-6-14(25-11)15-10-21(8-9-24-15)17(23)19-13-4-3-7-22-16(13)18-12(2)20-22/h5-6,13,15H,3-4,7-10H2,1-2H3,(H,19,23)/t13-,15-/m1/s1. The van der Waals surface area contributed by atoms with Gasteiger partial charge in [-0.25, -0.2) is 14.5 Å². The van der Waals surface area contributed by atoms with Gasteiger partial charge in [0.1, 0.15) is 29.3 Å². The molecule has 0 spiro atoms. The minimum Gasteiger partial charge on any atom is -0.464 e. The molecule has 134 valence electrons. The van der Waals surface area contributed by atoms with E-state index in [2.05, 4.69) is 15.4 Å². The first-order chi connectivity index (χ1) is 12.1. The van der Waals surface area contributed by atoms with E-state index in [1.807, 2.05) is 30.7 Å². The first-order valence-corrected chi connectivity index (χ1v) is 8.75. The molecule has 0 bridgehead atoms. The fraction of sp³-hybridized carbons (Fsp3) is 0.588. The van der Waals surface area contributed by atoms with Crippen LogP contribution in [0.2, 0.25) is 0 Å². The number of fused-ring (bicyclic) bond motifs is 1. The number of nitrogens with zero attached hydrogens (tertiary/aromatic N) is 4. The van der Waals surface area contributed by atoms with Crippen LogP contribution in [-0.2, 0) is 11.3 Å². The van der Waals surface area contributed by atoms with E-state index in [4.69, 9.17) is 9.15 Å². The Hall–Kier alpha value is -2.35. The van der Waals surface area contributed by atoms with Crippen molar-refractivity contribution in [2.24, 2.45) is 0 Å². The fourth-order valence-electron chi connectivity index (χ4n) is 3.48. The van der Waals surface area contributed by atoms with E-state index in [-0.39, 0.29) is 18.2 Å². The Labute approximate surface area is 146 Å². The molecule has 0 saturated carbocycles. The van der Waals surface area contributed by atoms with Crippen LogP contribution in [0.3, 0.4) is 0 Å². The molecule has 8 heteroatoms. The minimum absolute atomic E-state index is 0.0873. The highest BCUT2D eigenvalue weighted by Gasteiger charge is 2.31. The number of morpholine rings is 1. The molecule has 0 aromatic carbocycles. The number of hydrogen-bond acceptors (Lipinski definition) is 5. The smallest absolute Gasteiger partial charge is 0.318 e. The van der Waals surface area contributed by atoms with Gasteiger partial charge in [-0.3, -0.25) is 0 Å². The lowest BCUT2D eigenvalue weighted by molar-refractivity contribution is -0.0267. The number of urea groups is 1. The number of amides is 2. The lowest BCUT2D eigenvalue weighted by Crippen LogP contribution is -2.48. The molecule has 0 unspecified atom stereocenters. The monoisotopic (exact) mass is 345 g/mol. The predicted molar refractivity (Wildman–Crippen MR) is 89.0 cm³/mol. The van der Waals surface area contributed by atoms with E-state index in [0.29, 0.717) is 19.7 Å². The lowest BCUT2D eigenvalue weighted by atomic mass is 10.1. The minimum atomic E-state index is -0.217. The SMILES string of the molecule is Cc1nc2n(n1)CCC[C@H]2NC(=O)N1CCO[C@@H](c2ccc(C)o2)C1. The Morgan fingerprint density at radius 2 is 2.20 bits per heavy atom. The molecule has 4 heterocycles. The molecule has 0 radical (unpaired) electrons. The molecule has 2 aliphatic rings. The number of furan rings is 1. The summed E-state index contributed by atoms with van der Waals surface area (Å²) in [6.45, 7) is 6.19. The van der Waals surface area contributed by atoms with Crippen LogP contribution in [0.1, 0.15) is 48.2 Å². The van der Waals surface area contributed by atoms with Gasteiger partial charge in [-0.2, -0.15) is 5.10 Å². The molecule has 8 nitrogen and oxygen atoms in total. The van der Waals surface area contributed by atoms with Crippen molar-refractivity contribution in [3.63, 3.8) is 0 Å². The fourth-order valence-corrected chi connectivity index (χ4v) is 3.48. The number of hydrogen-bond donors (Lipinski definition) is 1. The van der Waals surface area contributed by atoms with Gasteiger partial charge in [0, 0.05) is 13.1 Å². The predicted octanol–water partition coefficient (Wildman–Crippen LogP) is 2.11. The Morgan fingerprint density at radius 1 is 1.32 bits per heavy atom. The Balaban J connectivity index is 1.43. The van der Waals surface area contributed by atoms with Crippen LogP contribution in [0.5, 0.6) is 0 Å². The van der Waals surface area contributed by atoms with Gasteiger partial charge in [-0.1, -0.05) is 0 Å². The lowest BCUT2D eigenvalue weighted by Gasteiger charge is -2.33. The maximum absolute atomic E-state index is 12.7. The molecular weight excluding hydrogens is 322 g/mol. The van der Waals surface area contributed by atoms with Crippen LogP contribution in [0.25, 0.3) is 0 Å². The molecule has 1 N–H and O–H groups in total. The van der Waals surface area contributed by atoms with Crippen molar-refractivity contribution in [1.29, 1.82) is 0 Å². The molecular formula is C17H23N5O3. The van der Waals surface area contributed by atoms with Gasteiger partial charge in [0.2, 0.25) is 0 Å².